The van der Waals surface area contributed by atoms with Crippen molar-refractivity contribution in [2.24, 2.45) is 0 Å². The van der Waals surface area contributed by atoms with E-state index in [9.17, 15) is 0 Å². The number of aryl methyl sites for hydroxylation is 1. The number of nitrogens with one attached hydrogen (secondary N) is 1. The third kappa shape index (κ3) is 3.27. The third-order valence-electron chi connectivity index (χ3n) is 4.28. The van der Waals surface area contributed by atoms with Crippen molar-refractivity contribution in [2.45, 2.75) is 32.2 Å². The fraction of sp³-hybridized carbons (Fsp3) is 0.562. The summed E-state index contributed by atoms with van der Waals surface area (Å²) in [6.07, 6.45) is 8.25. The molecule has 1 atom stereocenters. The Morgan fingerprint density at radius 3 is 2.68 bits per heavy atom. The Morgan fingerprint density at radius 1 is 1.27 bits per heavy atom. The smallest absolute Gasteiger partial charge is 0.224 e. The van der Waals surface area contributed by atoms with Gasteiger partial charge in [0.15, 0.2) is 0 Å². The molecule has 0 bridgehead atoms. The molecule has 3 heterocycles. The summed E-state index contributed by atoms with van der Waals surface area (Å²) in [7, 11) is 3.91. The standard InChI is InChI=1S/C16H24N6/c1-12-7-19-20-15(12)14-5-4-6-22(11-14)10-13-8-17-16(18-9-13)21(2)3/h7-9,14H,4-6,10-11H2,1-3H3,(H,19,20)/t14-/m0/s1. The molecule has 6 nitrogen and oxygen atoms in total. The van der Waals surface area contributed by atoms with Crippen LogP contribution in [-0.2, 0) is 6.54 Å². The molecule has 1 fully saturated rings. The molecule has 0 amide bonds. The van der Waals surface area contributed by atoms with Gasteiger partial charge in [0.2, 0.25) is 5.95 Å². The van der Waals surface area contributed by atoms with Crippen LogP contribution in [0.1, 0.15) is 35.6 Å². The van der Waals surface area contributed by atoms with Crippen LogP contribution in [0.2, 0.25) is 0 Å². The molecule has 0 spiro atoms. The molecule has 0 unspecified atom stereocenters. The Balaban J connectivity index is 1.64. The van der Waals surface area contributed by atoms with Crippen molar-refractivity contribution in [1.29, 1.82) is 0 Å². The van der Waals surface area contributed by atoms with Gasteiger partial charge < -0.3 is 4.90 Å². The topological polar surface area (TPSA) is 60.9 Å². The normalized spacial score (nSPS) is 19.3. The first-order valence-corrected chi connectivity index (χ1v) is 7.84. The lowest BCUT2D eigenvalue weighted by atomic mass is 9.93. The Morgan fingerprint density at radius 2 is 2.05 bits per heavy atom. The van der Waals surface area contributed by atoms with E-state index in [1.165, 1.54) is 29.7 Å². The van der Waals surface area contributed by atoms with E-state index in [1.54, 1.807) is 0 Å². The molecule has 0 radical (unpaired) electrons. The lowest BCUT2D eigenvalue weighted by Gasteiger charge is -2.32. The van der Waals surface area contributed by atoms with Gasteiger partial charge in [-0.3, -0.25) is 10.00 Å². The highest BCUT2D eigenvalue weighted by atomic mass is 15.2. The Hall–Kier alpha value is -1.95. The largest absolute Gasteiger partial charge is 0.347 e. The maximum Gasteiger partial charge on any atom is 0.224 e. The molecule has 22 heavy (non-hydrogen) atoms. The van der Waals surface area contributed by atoms with Gasteiger partial charge >= 0.3 is 0 Å². The average molecular weight is 300 g/mol. The zero-order chi connectivity index (χ0) is 15.5. The summed E-state index contributed by atoms with van der Waals surface area (Å²) in [5.74, 6) is 1.31. The molecule has 1 aliphatic heterocycles. The average Bonchev–Trinajstić information content (AvgIpc) is 2.94. The van der Waals surface area contributed by atoms with E-state index in [0.717, 1.165) is 25.6 Å². The molecular weight excluding hydrogens is 276 g/mol. The van der Waals surface area contributed by atoms with Gasteiger partial charge in [-0.2, -0.15) is 5.10 Å². The second-order valence-electron chi connectivity index (χ2n) is 6.33. The molecule has 1 N–H and O–H groups in total. The van der Waals surface area contributed by atoms with E-state index in [2.05, 4.69) is 32.0 Å². The molecule has 0 aliphatic carbocycles. The number of hydrogen-bond acceptors (Lipinski definition) is 5. The predicted molar refractivity (Wildman–Crippen MR) is 86.9 cm³/mol. The number of aromatic nitrogens is 4. The van der Waals surface area contributed by atoms with Crippen LogP contribution < -0.4 is 4.90 Å². The van der Waals surface area contributed by atoms with Crippen molar-refractivity contribution >= 4 is 5.95 Å². The predicted octanol–water partition coefficient (Wildman–Crippen LogP) is 1.95. The number of H-pyrrole nitrogens is 1. The zero-order valence-electron chi connectivity index (χ0n) is 13.6. The van der Waals surface area contributed by atoms with Crippen LogP contribution >= 0.6 is 0 Å². The van der Waals surface area contributed by atoms with Crippen molar-refractivity contribution in [3.8, 4) is 0 Å². The van der Waals surface area contributed by atoms with E-state index in [1.807, 2.05) is 37.6 Å². The summed E-state index contributed by atoms with van der Waals surface area (Å²) in [5.41, 5.74) is 3.74. The van der Waals surface area contributed by atoms with Crippen molar-refractivity contribution in [3.05, 3.63) is 35.4 Å². The number of rotatable bonds is 4. The van der Waals surface area contributed by atoms with Gasteiger partial charge in [0.05, 0.1) is 6.20 Å². The number of piperidine rings is 1. The first kappa shape index (κ1) is 15.0. The summed E-state index contributed by atoms with van der Waals surface area (Å²) in [6.45, 7) is 5.25. The minimum absolute atomic E-state index is 0.554. The first-order chi connectivity index (χ1) is 10.6. The number of hydrogen-bond donors (Lipinski definition) is 1. The molecule has 6 heteroatoms. The minimum Gasteiger partial charge on any atom is -0.347 e. The van der Waals surface area contributed by atoms with E-state index in [4.69, 9.17) is 0 Å². The van der Waals surface area contributed by atoms with Crippen LogP contribution in [0.15, 0.2) is 18.6 Å². The second-order valence-corrected chi connectivity index (χ2v) is 6.33. The van der Waals surface area contributed by atoms with E-state index in [0.29, 0.717) is 5.92 Å². The van der Waals surface area contributed by atoms with Crippen molar-refractivity contribution in [1.82, 2.24) is 25.1 Å². The van der Waals surface area contributed by atoms with Gasteiger partial charge in [-0.15, -0.1) is 0 Å². The van der Waals surface area contributed by atoms with Crippen LogP contribution in [0.5, 0.6) is 0 Å². The third-order valence-corrected chi connectivity index (χ3v) is 4.28. The zero-order valence-corrected chi connectivity index (χ0v) is 13.6. The summed E-state index contributed by atoms with van der Waals surface area (Å²) in [5, 5.41) is 7.34. The maximum atomic E-state index is 4.40. The van der Waals surface area contributed by atoms with Gasteiger partial charge in [-0.25, -0.2) is 9.97 Å². The number of nitrogens with zero attached hydrogens (tertiary/aromatic N) is 5. The van der Waals surface area contributed by atoms with Crippen LogP contribution in [-0.4, -0.2) is 52.3 Å². The summed E-state index contributed by atoms with van der Waals surface area (Å²) < 4.78 is 0. The monoisotopic (exact) mass is 300 g/mol. The summed E-state index contributed by atoms with van der Waals surface area (Å²) >= 11 is 0. The molecule has 0 aromatic carbocycles. The maximum absolute atomic E-state index is 4.40. The van der Waals surface area contributed by atoms with Gasteiger partial charge in [0.1, 0.15) is 0 Å². The molecule has 1 saturated heterocycles. The van der Waals surface area contributed by atoms with Crippen LogP contribution in [0.25, 0.3) is 0 Å². The first-order valence-electron chi connectivity index (χ1n) is 7.84. The van der Waals surface area contributed by atoms with Crippen LogP contribution in [0.4, 0.5) is 5.95 Å². The Kier molecular flexibility index (Phi) is 4.38. The van der Waals surface area contributed by atoms with E-state index < -0.39 is 0 Å². The van der Waals surface area contributed by atoms with Gasteiger partial charge in [0.25, 0.3) is 0 Å². The second kappa shape index (κ2) is 6.44. The molecule has 2 aromatic rings. The van der Waals surface area contributed by atoms with Gasteiger partial charge in [-0.1, -0.05) is 0 Å². The molecule has 118 valence electrons. The lowest BCUT2D eigenvalue weighted by Crippen LogP contribution is -2.34. The van der Waals surface area contributed by atoms with Gasteiger partial charge in [0, 0.05) is 56.8 Å². The number of likely N-dealkylation sites (tertiary alicyclic amines) is 1. The fourth-order valence-electron chi connectivity index (χ4n) is 3.12. The molecule has 0 saturated carbocycles. The van der Waals surface area contributed by atoms with Crippen molar-refractivity contribution in [2.75, 3.05) is 32.1 Å². The number of anilines is 1. The molecule has 3 rings (SSSR count). The number of aromatic amines is 1. The molecule has 1 aliphatic rings. The minimum atomic E-state index is 0.554. The highest BCUT2D eigenvalue weighted by molar-refractivity contribution is 5.26. The van der Waals surface area contributed by atoms with Crippen LogP contribution in [0, 0.1) is 6.92 Å². The van der Waals surface area contributed by atoms with E-state index in [-0.39, 0.29) is 0 Å². The fourth-order valence-corrected chi connectivity index (χ4v) is 3.12. The lowest BCUT2D eigenvalue weighted by molar-refractivity contribution is 0.198. The summed E-state index contributed by atoms with van der Waals surface area (Å²) in [4.78, 5) is 13.2. The highest BCUT2D eigenvalue weighted by Gasteiger charge is 2.23. The molecular formula is C16H24N6. The van der Waals surface area contributed by atoms with E-state index >= 15 is 0 Å². The Labute approximate surface area is 131 Å². The molecule has 2 aromatic heterocycles. The Bertz CT molecular complexity index is 603. The van der Waals surface area contributed by atoms with Crippen LogP contribution in [0.3, 0.4) is 0 Å². The van der Waals surface area contributed by atoms with Gasteiger partial charge in [-0.05, 0) is 31.9 Å². The van der Waals surface area contributed by atoms with Crippen molar-refractivity contribution < 1.29 is 0 Å². The quantitative estimate of drug-likeness (QED) is 0.935. The van der Waals surface area contributed by atoms with Crippen molar-refractivity contribution in [3.63, 3.8) is 0 Å². The highest BCUT2D eigenvalue weighted by Crippen LogP contribution is 2.28. The SMILES string of the molecule is Cc1cn[nH]c1[C@H]1CCCN(Cc2cnc(N(C)C)nc2)C1. The summed E-state index contributed by atoms with van der Waals surface area (Å²) in [6, 6.07) is 0.